The van der Waals surface area contributed by atoms with Crippen LogP contribution in [0, 0.1) is 13.8 Å². The summed E-state index contributed by atoms with van der Waals surface area (Å²) in [7, 11) is 4.86. The molecule has 1 aliphatic rings. The zero-order chi connectivity index (χ0) is 19.8. The molecule has 0 bridgehead atoms. The number of aromatic nitrogens is 2. The average molecular weight is 379 g/mol. The highest BCUT2D eigenvalue weighted by Gasteiger charge is 2.26. The van der Waals surface area contributed by atoms with Gasteiger partial charge in [-0.25, -0.2) is 4.68 Å². The molecule has 6 heteroatoms. The molecule has 0 unspecified atom stereocenters. The second-order valence-electron chi connectivity index (χ2n) is 6.95. The van der Waals surface area contributed by atoms with E-state index < -0.39 is 0 Å². The van der Waals surface area contributed by atoms with Crippen molar-refractivity contribution < 1.29 is 14.2 Å². The van der Waals surface area contributed by atoms with Crippen LogP contribution in [0.25, 0.3) is 16.9 Å². The highest BCUT2D eigenvalue weighted by atomic mass is 16.5. The Balaban J connectivity index is 1.89. The standard InChI is InChI=1S/C22H25N3O3/c1-13-6-7-16(10-14(13)2)25-22-17(8-9-23-22)20(24-25)15-11-18(26-3)21(28-5)19(12-15)27-4/h6-7,10-12,23H,8-9H2,1-5H3. The Kier molecular flexibility index (Phi) is 4.63. The lowest BCUT2D eigenvalue weighted by atomic mass is 10.1. The van der Waals surface area contributed by atoms with E-state index in [0.717, 1.165) is 35.7 Å². The number of nitrogens with zero attached hydrogens (tertiary/aromatic N) is 2. The van der Waals surface area contributed by atoms with Crippen LogP contribution < -0.4 is 19.5 Å². The number of rotatable bonds is 5. The number of anilines is 1. The van der Waals surface area contributed by atoms with Gasteiger partial charge in [0.25, 0.3) is 0 Å². The number of methoxy groups -OCH3 is 3. The summed E-state index contributed by atoms with van der Waals surface area (Å²) in [4.78, 5) is 0. The minimum absolute atomic E-state index is 0.581. The summed E-state index contributed by atoms with van der Waals surface area (Å²) in [5, 5.41) is 8.44. The van der Waals surface area contributed by atoms with E-state index in [9.17, 15) is 0 Å². The predicted octanol–water partition coefficient (Wildman–Crippen LogP) is 4.15. The van der Waals surface area contributed by atoms with Crippen LogP contribution in [0.1, 0.15) is 16.7 Å². The van der Waals surface area contributed by atoms with Crippen molar-refractivity contribution in [2.75, 3.05) is 33.2 Å². The van der Waals surface area contributed by atoms with E-state index in [0.29, 0.717) is 17.2 Å². The van der Waals surface area contributed by atoms with Crippen LogP contribution >= 0.6 is 0 Å². The third kappa shape index (κ3) is 2.85. The van der Waals surface area contributed by atoms with Crippen LogP contribution in [0.4, 0.5) is 5.82 Å². The molecule has 0 atom stereocenters. The zero-order valence-electron chi connectivity index (χ0n) is 16.9. The lowest BCUT2D eigenvalue weighted by Gasteiger charge is -2.13. The average Bonchev–Trinajstić information content (AvgIpc) is 3.31. The lowest BCUT2D eigenvalue weighted by molar-refractivity contribution is 0.324. The van der Waals surface area contributed by atoms with Crippen molar-refractivity contribution in [2.45, 2.75) is 20.3 Å². The van der Waals surface area contributed by atoms with Crippen molar-refractivity contribution in [3.63, 3.8) is 0 Å². The van der Waals surface area contributed by atoms with Crippen molar-refractivity contribution in [3.05, 3.63) is 47.0 Å². The summed E-state index contributed by atoms with van der Waals surface area (Å²) in [6.07, 6.45) is 0.923. The molecule has 0 radical (unpaired) electrons. The topological polar surface area (TPSA) is 57.5 Å². The van der Waals surface area contributed by atoms with Crippen LogP contribution in [-0.4, -0.2) is 37.7 Å². The molecule has 4 rings (SSSR count). The molecule has 146 valence electrons. The van der Waals surface area contributed by atoms with Crippen LogP contribution in [0.2, 0.25) is 0 Å². The fourth-order valence-electron chi connectivity index (χ4n) is 3.67. The van der Waals surface area contributed by atoms with Gasteiger partial charge in [-0.1, -0.05) is 6.07 Å². The Bertz CT molecular complexity index is 1010. The summed E-state index contributed by atoms with van der Waals surface area (Å²) in [6.45, 7) is 5.14. The molecule has 2 aromatic carbocycles. The zero-order valence-corrected chi connectivity index (χ0v) is 16.9. The molecule has 0 aliphatic carbocycles. The molecule has 2 heterocycles. The molecule has 6 nitrogen and oxygen atoms in total. The molecule has 3 aromatic rings. The molecule has 0 amide bonds. The smallest absolute Gasteiger partial charge is 0.203 e. The molecule has 0 fully saturated rings. The van der Waals surface area contributed by atoms with Crippen LogP contribution in [0.5, 0.6) is 17.2 Å². The second kappa shape index (κ2) is 7.11. The van der Waals surface area contributed by atoms with Gasteiger partial charge in [0.2, 0.25) is 5.75 Å². The summed E-state index contributed by atoms with van der Waals surface area (Å²) >= 11 is 0. The molecule has 28 heavy (non-hydrogen) atoms. The molecule has 0 saturated carbocycles. The minimum atomic E-state index is 0.581. The third-order valence-electron chi connectivity index (χ3n) is 5.32. The first kappa shape index (κ1) is 18.2. The van der Waals surface area contributed by atoms with Crippen molar-refractivity contribution in [1.29, 1.82) is 0 Å². The van der Waals surface area contributed by atoms with E-state index in [1.807, 2.05) is 16.8 Å². The van der Waals surface area contributed by atoms with Gasteiger partial charge in [0.15, 0.2) is 11.5 Å². The van der Waals surface area contributed by atoms with Gasteiger partial charge in [0, 0.05) is 17.7 Å². The monoisotopic (exact) mass is 379 g/mol. The number of hydrogen-bond acceptors (Lipinski definition) is 5. The number of benzene rings is 2. The van der Waals surface area contributed by atoms with Gasteiger partial charge in [-0.15, -0.1) is 0 Å². The van der Waals surface area contributed by atoms with Crippen molar-refractivity contribution in [3.8, 4) is 34.2 Å². The molecule has 0 spiro atoms. The van der Waals surface area contributed by atoms with E-state index in [2.05, 4.69) is 37.4 Å². The normalized spacial score (nSPS) is 12.5. The van der Waals surface area contributed by atoms with Crippen molar-refractivity contribution in [2.24, 2.45) is 0 Å². The van der Waals surface area contributed by atoms with E-state index in [-0.39, 0.29) is 0 Å². The van der Waals surface area contributed by atoms with Gasteiger partial charge in [-0.3, -0.25) is 0 Å². The van der Waals surface area contributed by atoms with Crippen molar-refractivity contribution >= 4 is 5.82 Å². The fourth-order valence-corrected chi connectivity index (χ4v) is 3.67. The highest BCUT2D eigenvalue weighted by molar-refractivity contribution is 5.76. The summed E-state index contributed by atoms with van der Waals surface area (Å²) in [5.41, 5.74) is 6.63. The Labute approximate surface area is 165 Å². The first-order valence-electron chi connectivity index (χ1n) is 9.31. The molecule has 1 aromatic heterocycles. The molecular weight excluding hydrogens is 354 g/mol. The lowest BCUT2D eigenvalue weighted by Crippen LogP contribution is -2.05. The summed E-state index contributed by atoms with van der Waals surface area (Å²) in [5.74, 6) is 2.87. The highest BCUT2D eigenvalue weighted by Crippen LogP contribution is 2.43. The van der Waals surface area contributed by atoms with Crippen LogP contribution in [0.3, 0.4) is 0 Å². The van der Waals surface area contributed by atoms with Gasteiger partial charge in [0.05, 0.1) is 32.7 Å². The number of hydrogen-bond donors (Lipinski definition) is 1. The van der Waals surface area contributed by atoms with Gasteiger partial charge in [0.1, 0.15) is 5.82 Å². The summed E-state index contributed by atoms with van der Waals surface area (Å²) in [6, 6.07) is 10.3. The molecule has 1 N–H and O–H groups in total. The van der Waals surface area contributed by atoms with Gasteiger partial charge in [-0.2, -0.15) is 5.10 Å². The largest absolute Gasteiger partial charge is 0.493 e. The van der Waals surface area contributed by atoms with Crippen molar-refractivity contribution in [1.82, 2.24) is 9.78 Å². The third-order valence-corrected chi connectivity index (χ3v) is 5.32. The molecule has 1 aliphatic heterocycles. The maximum atomic E-state index is 5.53. The maximum absolute atomic E-state index is 5.53. The van der Waals surface area contributed by atoms with E-state index >= 15 is 0 Å². The first-order chi connectivity index (χ1) is 13.6. The van der Waals surface area contributed by atoms with Gasteiger partial charge in [-0.05, 0) is 55.7 Å². The fraction of sp³-hybridized carbons (Fsp3) is 0.318. The Morgan fingerprint density at radius 1 is 0.929 bits per heavy atom. The molecule has 0 saturated heterocycles. The van der Waals surface area contributed by atoms with Crippen LogP contribution in [0.15, 0.2) is 30.3 Å². The SMILES string of the molecule is COc1cc(-c2nn(-c3ccc(C)c(C)c3)c3c2CCN3)cc(OC)c1OC. The Hall–Kier alpha value is -3.15. The van der Waals surface area contributed by atoms with Gasteiger partial charge < -0.3 is 19.5 Å². The number of aryl methyl sites for hydroxylation is 2. The number of ether oxygens (including phenoxy) is 3. The Morgan fingerprint density at radius 2 is 1.64 bits per heavy atom. The maximum Gasteiger partial charge on any atom is 0.203 e. The van der Waals surface area contributed by atoms with Gasteiger partial charge >= 0.3 is 0 Å². The van der Waals surface area contributed by atoms with E-state index in [4.69, 9.17) is 19.3 Å². The van der Waals surface area contributed by atoms with Crippen LogP contribution in [-0.2, 0) is 6.42 Å². The van der Waals surface area contributed by atoms with E-state index in [1.54, 1.807) is 21.3 Å². The predicted molar refractivity (Wildman–Crippen MR) is 110 cm³/mol. The molecular formula is C22H25N3O3. The Morgan fingerprint density at radius 3 is 2.25 bits per heavy atom. The first-order valence-corrected chi connectivity index (χ1v) is 9.31. The minimum Gasteiger partial charge on any atom is -0.493 e. The number of nitrogens with one attached hydrogen (secondary N) is 1. The van der Waals surface area contributed by atoms with E-state index in [1.165, 1.54) is 16.7 Å². The number of fused-ring (bicyclic) bond motifs is 1. The quantitative estimate of drug-likeness (QED) is 0.722. The summed E-state index contributed by atoms with van der Waals surface area (Å²) < 4.78 is 18.5. The second-order valence-corrected chi connectivity index (χ2v) is 6.95.